The fourth-order valence-corrected chi connectivity index (χ4v) is 2.91. The van der Waals surface area contributed by atoms with E-state index in [4.69, 9.17) is 0 Å². The first kappa shape index (κ1) is 19.7. The monoisotopic (exact) mass is 398 g/mol. The predicted molar refractivity (Wildman–Crippen MR) is 92.0 cm³/mol. The van der Waals surface area contributed by atoms with Crippen LogP contribution in [-0.2, 0) is 17.5 Å². The molecule has 0 atom stereocenters. The van der Waals surface area contributed by atoms with E-state index in [9.17, 15) is 26.7 Å². The Morgan fingerprint density at radius 2 is 1.93 bits per heavy atom. The molecule has 0 saturated carbocycles. The molecule has 0 radical (unpaired) electrons. The summed E-state index contributed by atoms with van der Waals surface area (Å²) in [6.45, 7) is 2.67. The number of carbonyl (C=O) groups is 1. The number of halogens is 5. The standard InChI is InChI=1S/C18H15F5N4O/c1-9-6-13(16(19)20)15-10(2)26-27(17(15)24-9)8-14(28)25-12-5-3-4-11(7-12)18(21,22)23/h3-7,16H,8H2,1-2H3,(H,25,28). The van der Waals surface area contributed by atoms with Gasteiger partial charge in [0.05, 0.1) is 16.6 Å². The summed E-state index contributed by atoms with van der Waals surface area (Å²) in [6, 6.07) is 5.44. The van der Waals surface area contributed by atoms with Crippen LogP contribution >= 0.6 is 0 Å². The number of alkyl halides is 5. The molecule has 0 spiro atoms. The van der Waals surface area contributed by atoms with Crippen LogP contribution in [0.5, 0.6) is 0 Å². The SMILES string of the molecule is Cc1cc(C(F)F)c2c(C)nn(CC(=O)Nc3cccc(C(F)(F)F)c3)c2n1. The Labute approximate surface area is 156 Å². The molecule has 0 fully saturated rings. The summed E-state index contributed by atoms with van der Waals surface area (Å²) in [6.07, 6.45) is -7.28. The number of nitrogens with zero attached hydrogens (tertiary/aromatic N) is 3. The van der Waals surface area contributed by atoms with E-state index < -0.39 is 24.1 Å². The number of rotatable bonds is 4. The number of hydrogen-bond acceptors (Lipinski definition) is 3. The zero-order valence-corrected chi connectivity index (χ0v) is 14.8. The van der Waals surface area contributed by atoms with Gasteiger partial charge in [0.25, 0.3) is 6.43 Å². The summed E-state index contributed by atoms with van der Waals surface area (Å²) >= 11 is 0. The number of aryl methyl sites for hydroxylation is 2. The van der Waals surface area contributed by atoms with Crippen molar-refractivity contribution < 1.29 is 26.7 Å². The van der Waals surface area contributed by atoms with Crippen LogP contribution in [0.15, 0.2) is 30.3 Å². The van der Waals surface area contributed by atoms with Crippen LogP contribution in [0.4, 0.5) is 27.6 Å². The lowest BCUT2D eigenvalue weighted by atomic mass is 10.1. The highest BCUT2D eigenvalue weighted by atomic mass is 19.4. The van der Waals surface area contributed by atoms with Crippen LogP contribution in [0.1, 0.15) is 28.9 Å². The van der Waals surface area contributed by atoms with Crippen molar-refractivity contribution in [1.82, 2.24) is 14.8 Å². The number of pyridine rings is 1. The van der Waals surface area contributed by atoms with Gasteiger partial charge in [0.15, 0.2) is 5.65 Å². The average molecular weight is 398 g/mol. The number of anilines is 1. The highest BCUT2D eigenvalue weighted by Gasteiger charge is 2.30. The normalized spacial score (nSPS) is 12.0. The summed E-state index contributed by atoms with van der Waals surface area (Å²) in [5.41, 5.74) is -0.432. The van der Waals surface area contributed by atoms with Gasteiger partial charge in [0, 0.05) is 16.9 Å². The summed E-state index contributed by atoms with van der Waals surface area (Å²) in [4.78, 5) is 16.5. The topological polar surface area (TPSA) is 59.8 Å². The molecule has 1 aromatic carbocycles. The Kier molecular flexibility index (Phi) is 5.05. The maximum Gasteiger partial charge on any atom is 0.416 e. The molecule has 0 unspecified atom stereocenters. The molecular weight excluding hydrogens is 383 g/mol. The van der Waals surface area contributed by atoms with Crippen molar-refractivity contribution in [2.24, 2.45) is 0 Å². The number of amides is 1. The number of carbonyl (C=O) groups excluding carboxylic acids is 1. The van der Waals surface area contributed by atoms with E-state index in [-0.39, 0.29) is 34.5 Å². The largest absolute Gasteiger partial charge is 0.416 e. The minimum absolute atomic E-state index is 0.0367. The Morgan fingerprint density at radius 1 is 1.21 bits per heavy atom. The lowest BCUT2D eigenvalue weighted by Gasteiger charge is -2.10. The van der Waals surface area contributed by atoms with Crippen LogP contribution in [0.2, 0.25) is 0 Å². The molecule has 28 heavy (non-hydrogen) atoms. The molecule has 148 valence electrons. The fraction of sp³-hybridized carbons (Fsp3) is 0.278. The van der Waals surface area contributed by atoms with Gasteiger partial charge < -0.3 is 5.32 Å². The fourth-order valence-electron chi connectivity index (χ4n) is 2.91. The molecular formula is C18H15F5N4O. The first-order valence-corrected chi connectivity index (χ1v) is 8.16. The Bertz CT molecular complexity index is 1040. The minimum atomic E-state index is -4.54. The molecule has 10 heteroatoms. The Hall–Kier alpha value is -3.04. The second-order valence-corrected chi connectivity index (χ2v) is 6.22. The van der Waals surface area contributed by atoms with Gasteiger partial charge in [-0.2, -0.15) is 18.3 Å². The minimum Gasteiger partial charge on any atom is -0.324 e. The van der Waals surface area contributed by atoms with Crippen molar-refractivity contribution in [1.29, 1.82) is 0 Å². The van der Waals surface area contributed by atoms with E-state index in [1.54, 1.807) is 6.92 Å². The highest BCUT2D eigenvalue weighted by molar-refractivity contribution is 5.92. The van der Waals surface area contributed by atoms with Gasteiger partial charge in [-0.1, -0.05) is 6.07 Å². The quantitative estimate of drug-likeness (QED) is 0.652. The molecule has 0 aliphatic heterocycles. The number of fused-ring (bicyclic) bond motifs is 1. The smallest absolute Gasteiger partial charge is 0.324 e. The molecule has 1 amide bonds. The Balaban J connectivity index is 1.88. The van der Waals surface area contributed by atoms with E-state index in [0.29, 0.717) is 5.69 Å². The third-order valence-electron chi connectivity index (χ3n) is 4.04. The molecule has 3 rings (SSSR count). The third-order valence-corrected chi connectivity index (χ3v) is 4.04. The van der Waals surface area contributed by atoms with Crippen LogP contribution in [0.3, 0.4) is 0 Å². The van der Waals surface area contributed by atoms with E-state index in [1.807, 2.05) is 0 Å². The zero-order chi connectivity index (χ0) is 20.6. The first-order valence-electron chi connectivity index (χ1n) is 8.16. The van der Waals surface area contributed by atoms with Gasteiger partial charge in [-0.25, -0.2) is 18.4 Å². The van der Waals surface area contributed by atoms with Crippen molar-refractivity contribution in [3.8, 4) is 0 Å². The van der Waals surface area contributed by atoms with Crippen molar-refractivity contribution in [3.63, 3.8) is 0 Å². The van der Waals surface area contributed by atoms with Crippen LogP contribution in [0.25, 0.3) is 11.0 Å². The van der Waals surface area contributed by atoms with Gasteiger partial charge in [-0.3, -0.25) is 4.79 Å². The lowest BCUT2D eigenvalue weighted by molar-refractivity contribution is -0.137. The van der Waals surface area contributed by atoms with Crippen LogP contribution < -0.4 is 5.32 Å². The molecule has 0 saturated heterocycles. The average Bonchev–Trinajstić information content (AvgIpc) is 2.89. The third kappa shape index (κ3) is 3.95. The van der Waals surface area contributed by atoms with Gasteiger partial charge >= 0.3 is 6.18 Å². The second-order valence-electron chi connectivity index (χ2n) is 6.22. The van der Waals surface area contributed by atoms with Crippen molar-refractivity contribution in [2.45, 2.75) is 33.0 Å². The number of benzene rings is 1. The molecule has 2 heterocycles. The van der Waals surface area contributed by atoms with Gasteiger partial charge in [0.1, 0.15) is 6.54 Å². The van der Waals surface area contributed by atoms with E-state index in [2.05, 4.69) is 15.4 Å². The molecule has 5 nitrogen and oxygen atoms in total. The van der Waals surface area contributed by atoms with E-state index >= 15 is 0 Å². The molecule has 0 aliphatic carbocycles. The lowest BCUT2D eigenvalue weighted by Crippen LogP contribution is -2.20. The summed E-state index contributed by atoms with van der Waals surface area (Å²) < 4.78 is 66.1. The zero-order valence-electron chi connectivity index (χ0n) is 14.8. The molecule has 2 aromatic heterocycles. The highest BCUT2D eigenvalue weighted by Crippen LogP contribution is 2.31. The molecule has 0 aliphatic rings. The van der Waals surface area contributed by atoms with Gasteiger partial charge in [-0.05, 0) is 38.1 Å². The summed E-state index contributed by atoms with van der Waals surface area (Å²) in [5.74, 6) is -0.661. The molecule has 3 aromatic rings. The van der Waals surface area contributed by atoms with Crippen molar-refractivity contribution in [3.05, 3.63) is 52.8 Å². The van der Waals surface area contributed by atoms with Crippen molar-refractivity contribution in [2.75, 3.05) is 5.32 Å². The number of hydrogen-bond donors (Lipinski definition) is 1. The van der Waals surface area contributed by atoms with Crippen molar-refractivity contribution >= 4 is 22.6 Å². The van der Waals surface area contributed by atoms with Gasteiger partial charge in [0.2, 0.25) is 5.91 Å². The summed E-state index contributed by atoms with van der Waals surface area (Å²) in [7, 11) is 0. The van der Waals surface area contributed by atoms with E-state index in [1.165, 1.54) is 25.1 Å². The molecule has 0 bridgehead atoms. The number of aromatic nitrogens is 3. The van der Waals surface area contributed by atoms with Crippen LogP contribution in [-0.4, -0.2) is 20.7 Å². The molecule has 1 N–H and O–H groups in total. The maximum atomic E-state index is 13.3. The maximum absolute atomic E-state index is 13.3. The predicted octanol–water partition coefficient (Wildman–Crippen LogP) is 4.64. The van der Waals surface area contributed by atoms with E-state index in [0.717, 1.165) is 16.8 Å². The van der Waals surface area contributed by atoms with Gasteiger partial charge in [-0.15, -0.1) is 0 Å². The number of nitrogens with one attached hydrogen (secondary N) is 1. The van der Waals surface area contributed by atoms with Crippen LogP contribution in [0, 0.1) is 13.8 Å². The first-order chi connectivity index (χ1) is 13.1. The summed E-state index contributed by atoms with van der Waals surface area (Å²) in [5, 5.41) is 6.61. The second kappa shape index (κ2) is 7.17. The Morgan fingerprint density at radius 3 is 2.57 bits per heavy atom.